The molecule has 88 valence electrons. The van der Waals surface area contributed by atoms with Gasteiger partial charge < -0.3 is 5.32 Å². The van der Waals surface area contributed by atoms with E-state index in [1.165, 1.54) is 6.08 Å². The number of rotatable bonds is 4. The molecule has 0 aliphatic heterocycles. The molecule has 0 saturated carbocycles. The number of aromatic nitrogens is 2. The summed E-state index contributed by atoms with van der Waals surface area (Å²) in [6.07, 6.45) is 7.77. The topological polar surface area (TPSA) is 46.9 Å². The Hall–Kier alpha value is -1.58. The number of nitrogens with one attached hydrogen (secondary N) is 1. The molecule has 0 aromatic carbocycles. The lowest BCUT2D eigenvalue weighted by atomic mass is 10.0. The quantitative estimate of drug-likeness (QED) is 0.787. The van der Waals surface area contributed by atoms with Gasteiger partial charge >= 0.3 is 0 Å². The van der Waals surface area contributed by atoms with Crippen molar-refractivity contribution >= 4 is 12.0 Å². The molecule has 1 amide bonds. The summed E-state index contributed by atoms with van der Waals surface area (Å²) >= 11 is 0. The zero-order chi connectivity index (χ0) is 12.2. The first-order valence-electron chi connectivity index (χ1n) is 5.42. The Morgan fingerprint density at radius 2 is 2.31 bits per heavy atom. The van der Waals surface area contributed by atoms with Gasteiger partial charge in [0.1, 0.15) is 0 Å². The van der Waals surface area contributed by atoms with Crippen LogP contribution >= 0.6 is 0 Å². The van der Waals surface area contributed by atoms with E-state index in [1.807, 2.05) is 34.0 Å². The molecule has 0 bridgehead atoms. The molecule has 0 spiro atoms. The summed E-state index contributed by atoms with van der Waals surface area (Å²) in [4.78, 5) is 11.6. The lowest BCUT2D eigenvalue weighted by Gasteiger charge is -2.23. The van der Waals surface area contributed by atoms with Crippen LogP contribution in [0.5, 0.6) is 0 Å². The molecule has 16 heavy (non-hydrogen) atoms. The molecule has 1 N–H and O–H groups in total. The normalized spacial score (nSPS) is 12.0. The molecule has 0 radical (unpaired) electrons. The van der Waals surface area contributed by atoms with E-state index in [0.29, 0.717) is 0 Å². The second-order valence-electron chi connectivity index (χ2n) is 4.51. The number of nitrogens with zero attached hydrogens (tertiary/aromatic N) is 2. The van der Waals surface area contributed by atoms with Crippen molar-refractivity contribution < 1.29 is 4.79 Å². The predicted molar refractivity (Wildman–Crippen MR) is 64.8 cm³/mol. The van der Waals surface area contributed by atoms with Gasteiger partial charge in [-0.05, 0) is 26.3 Å². The summed E-state index contributed by atoms with van der Waals surface area (Å²) in [7, 11) is 1.84. The zero-order valence-electron chi connectivity index (χ0n) is 10.3. The number of hydrogen-bond donors (Lipinski definition) is 1. The second kappa shape index (κ2) is 4.96. The van der Waals surface area contributed by atoms with Crippen molar-refractivity contribution in [2.75, 3.05) is 0 Å². The van der Waals surface area contributed by atoms with E-state index in [4.69, 9.17) is 0 Å². The first kappa shape index (κ1) is 12.5. The molecule has 1 aromatic rings. The maximum Gasteiger partial charge on any atom is 0.244 e. The highest BCUT2D eigenvalue weighted by molar-refractivity contribution is 5.92. The summed E-state index contributed by atoms with van der Waals surface area (Å²) in [5.41, 5.74) is 0.767. The maximum atomic E-state index is 11.6. The third-order valence-corrected chi connectivity index (χ3v) is 2.50. The molecule has 1 rings (SSSR count). The van der Waals surface area contributed by atoms with Crippen LogP contribution in [-0.2, 0) is 11.8 Å². The van der Waals surface area contributed by atoms with Crippen LogP contribution in [0.2, 0.25) is 0 Å². The Morgan fingerprint density at radius 3 is 2.81 bits per heavy atom. The summed E-state index contributed by atoms with van der Waals surface area (Å²) in [6, 6.07) is 0. The molecular weight excluding hydrogens is 202 g/mol. The molecule has 0 fully saturated rings. The van der Waals surface area contributed by atoms with Gasteiger partial charge in [-0.15, -0.1) is 0 Å². The van der Waals surface area contributed by atoms with Crippen molar-refractivity contribution in [2.45, 2.75) is 32.7 Å². The van der Waals surface area contributed by atoms with Gasteiger partial charge in [-0.25, -0.2) is 0 Å². The van der Waals surface area contributed by atoms with Gasteiger partial charge in [0.15, 0.2) is 0 Å². The van der Waals surface area contributed by atoms with Crippen LogP contribution in [-0.4, -0.2) is 21.2 Å². The summed E-state index contributed by atoms with van der Waals surface area (Å²) in [5, 5.41) is 6.95. The van der Waals surface area contributed by atoms with Crippen molar-refractivity contribution in [1.29, 1.82) is 0 Å². The molecule has 4 heteroatoms. The fourth-order valence-electron chi connectivity index (χ4n) is 1.16. The minimum absolute atomic E-state index is 0.0734. The van der Waals surface area contributed by atoms with E-state index in [0.717, 1.165) is 12.0 Å². The molecule has 0 saturated heterocycles. The van der Waals surface area contributed by atoms with Gasteiger partial charge in [0, 0.05) is 30.4 Å². The van der Waals surface area contributed by atoms with Crippen LogP contribution < -0.4 is 5.32 Å². The van der Waals surface area contributed by atoms with Crippen molar-refractivity contribution in [3.63, 3.8) is 0 Å². The van der Waals surface area contributed by atoms with Crippen molar-refractivity contribution in [1.82, 2.24) is 15.1 Å². The van der Waals surface area contributed by atoms with Gasteiger partial charge in [0.2, 0.25) is 5.91 Å². The predicted octanol–water partition coefficient (Wildman–Crippen LogP) is 1.74. The van der Waals surface area contributed by atoms with Gasteiger partial charge in [0.25, 0.3) is 0 Å². The van der Waals surface area contributed by atoms with Crippen LogP contribution in [0, 0.1) is 0 Å². The summed E-state index contributed by atoms with van der Waals surface area (Å²) < 4.78 is 1.70. The minimum Gasteiger partial charge on any atom is -0.348 e. The number of carbonyl (C=O) groups is 1. The molecular formula is C12H19N3O. The first-order valence-corrected chi connectivity index (χ1v) is 5.42. The van der Waals surface area contributed by atoms with Crippen LogP contribution in [0.25, 0.3) is 6.08 Å². The van der Waals surface area contributed by atoms with Crippen molar-refractivity contribution in [3.05, 3.63) is 24.0 Å². The van der Waals surface area contributed by atoms with Crippen LogP contribution in [0.15, 0.2) is 18.5 Å². The highest BCUT2D eigenvalue weighted by Gasteiger charge is 2.15. The highest BCUT2D eigenvalue weighted by atomic mass is 16.1. The Kier molecular flexibility index (Phi) is 3.88. The lowest BCUT2D eigenvalue weighted by molar-refractivity contribution is -0.117. The van der Waals surface area contributed by atoms with E-state index < -0.39 is 0 Å². The number of hydrogen-bond acceptors (Lipinski definition) is 2. The fraction of sp³-hybridized carbons (Fsp3) is 0.500. The molecule has 1 aromatic heterocycles. The van der Waals surface area contributed by atoms with E-state index in [9.17, 15) is 4.79 Å². The lowest BCUT2D eigenvalue weighted by Crippen LogP contribution is -2.41. The Labute approximate surface area is 96.3 Å². The van der Waals surface area contributed by atoms with E-state index >= 15 is 0 Å². The summed E-state index contributed by atoms with van der Waals surface area (Å²) in [6.45, 7) is 6.05. The molecule has 0 aliphatic rings. The molecule has 0 unspecified atom stereocenters. The summed E-state index contributed by atoms with van der Waals surface area (Å²) in [5.74, 6) is -0.0734. The number of carbonyl (C=O) groups excluding carboxylic acids is 1. The molecule has 4 nitrogen and oxygen atoms in total. The fourth-order valence-corrected chi connectivity index (χ4v) is 1.16. The molecule has 1 heterocycles. The van der Waals surface area contributed by atoms with E-state index in [-0.39, 0.29) is 11.4 Å². The minimum atomic E-state index is -0.156. The highest BCUT2D eigenvalue weighted by Crippen LogP contribution is 2.07. The van der Waals surface area contributed by atoms with Gasteiger partial charge in [-0.1, -0.05) is 6.92 Å². The Balaban J connectivity index is 2.55. The van der Waals surface area contributed by atoms with Crippen LogP contribution in [0.3, 0.4) is 0 Å². The van der Waals surface area contributed by atoms with Crippen LogP contribution in [0.4, 0.5) is 0 Å². The Morgan fingerprint density at radius 1 is 1.62 bits per heavy atom. The Bertz CT molecular complexity index is 391. The third kappa shape index (κ3) is 3.88. The van der Waals surface area contributed by atoms with E-state index in [1.54, 1.807) is 17.0 Å². The van der Waals surface area contributed by atoms with Gasteiger partial charge in [-0.3, -0.25) is 9.48 Å². The van der Waals surface area contributed by atoms with E-state index in [2.05, 4.69) is 10.4 Å². The standard InChI is InChI=1S/C12H19N3O/c1-5-12(2,3)14-11(16)7-6-10-8-13-15(4)9-10/h6-9H,5H2,1-4H3,(H,14,16). The maximum absolute atomic E-state index is 11.6. The number of aryl methyl sites for hydroxylation is 1. The largest absolute Gasteiger partial charge is 0.348 e. The average molecular weight is 221 g/mol. The zero-order valence-corrected chi connectivity index (χ0v) is 10.3. The monoisotopic (exact) mass is 221 g/mol. The van der Waals surface area contributed by atoms with Gasteiger partial charge in [0.05, 0.1) is 6.20 Å². The third-order valence-electron chi connectivity index (χ3n) is 2.50. The van der Waals surface area contributed by atoms with Crippen molar-refractivity contribution in [3.8, 4) is 0 Å². The van der Waals surface area contributed by atoms with Crippen molar-refractivity contribution in [2.24, 2.45) is 7.05 Å². The average Bonchev–Trinajstić information content (AvgIpc) is 2.61. The van der Waals surface area contributed by atoms with Crippen LogP contribution in [0.1, 0.15) is 32.8 Å². The molecule has 0 atom stereocenters. The SMILES string of the molecule is CCC(C)(C)NC(=O)C=Cc1cnn(C)c1. The second-order valence-corrected chi connectivity index (χ2v) is 4.51. The molecule has 0 aliphatic carbocycles. The smallest absolute Gasteiger partial charge is 0.244 e. The van der Waals surface area contributed by atoms with Gasteiger partial charge in [-0.2, -0.15) is 5.10 Å². The first-order chi connectivity index (χ1) is 7.43. The number of amides is 1.